The van der Waals surface area contributed by atoms with E-state index in [1.807, 2.05) is 0 Å². The third kappa shape index (κ3) is 6.50. The summed E-state index contributed by atoms with van der Waals surface area (Å²) in [5, 5.41) is 2.67. The van der Waals surface area contributed by atoms with Crippen LogP contribution in [0.2, 0.25) is 5.02 Å². The highest BCUT2D eigenvalue weighted by Gasteiger charge is 2.73. The third-order valence-electron chi connectivity index (χ3n) is 5.49. The van der Waals surface area contributed by atoms with E-state index >= 15 is 4.39 Å². The van der Waals surface area contributed by atoms with Crippen molar-refractivity contribution in [2.45, 2.75) is 31.6 Å². The Bertz CT molecular complexity index is 1440. The number of amides is 2. The molecule has 0 spiro atoms. The number of rotatable bonds is 7. The molecule has 220 valence electrons. The second-order valence-electron chi connectivity index (χ2n) is 8.31. The molecule has 0 radical (unpaired) electrons. The zero-order valence-electron chi connectivity index (χ0n) is 20.2. The lowest BCUT2D eigenvalue weighted by Gasteiger charge is -2.31. The Kier molecular flexibility index (Phi) is 8.81. The summed E-state index contributed by atoms with van der Waals surface area (Å²) in [6.07, 6.45) is -13.2. The van der Waals surface area contributed by atoms with Gasteiger partial charge >= 0.3 is 24.6 Å². The Morgan fingerprint density at radius 1 is 0.854 bits per heavy atom. The van der Waals surface area contributed by atoms with E-state index < -0.39 is 75.5 Å². The summed E-state index contributed by atoms with van der Waals surface area (Å²) in [7, 11) is 0. The maximum Gasteiger partial charge on any atom is 0.435 e. The smallest absolute Gasteiger partial charge is 0.433 e. The second-order valence-corrected chi connectivity index (χ2v) is 8.71. The van der Waals surface area contributed by atoms with Gasteiger partial charge in [-0.3, -0.25) is 9.59 Å². The van der Waals surface area contributed by atoms with Crippen molar-refractivity contribution in [3.63, 3.8) is 0 Å². The molecule has 41 heavy (non-hydrogen) atoms. The lowest BCUT2D eigenvalue weighted by molar-refractivity contribution is -0.348. The Balaban J connectivity index is 2.01. The molecule has 5 nitrogen and oxygen atoms in total. The number of carbonyl (C=O) groups excluding carboxylic acids is 2. The number of anilines is 2. The van der Waals surface area contributed by atoms with Gasteiger partial charge in [0.2, 0.25) is 0 Å². The van der Waals surface area contributed by atoms with Gasteiger partial charge in [0.25, 0.3) is 11.8 Å². The first-order valence-electron chi connectivity index (χ1n) is 11.0. The van der Waals surface area contributed by atoms with Crippen molar-refractivity contribution in [1.29, 1.82) is 0 Å². The van der Waals surface area contributed by atoms with E-state index in [0.717, 1.165) is 23.8 Å². The first-order valence-corrected chi connectivity index (χ1v) is 11.3. The molecule has 0 fully saturated rings. The Labute approximate surface area is 229 Å². The number of alkyl halides is 9. The monoisotopic (exact) mass is 616 g/mol. The number of benzene rings is 3. The van der Waals surface area contributed by atoms with Gasteiger partial charge in [-0.15, -0.1) is 0 Å². The largest absolute Gasteiger partial charge is 0.435 e. The fraction of sp³-hybridized carbons (Fsp3) is 0.200. The summed E-state index contributed by atoms with van der Waals surface area (Å²) in [6.45, 7) is -2.14. The maximum absolute atomic E-state index is 15.1. The molecule has 3 rings (SSSR count). The summed E-state index contributed by atoms with van der Waals surface area (Å²) >= 11 is 5.68. The minimum absolute atomic E-state index is 0.118. The van der Waals surface area contributed by atoms with Crippen LogP contribution in [0.4, 0.5) is 55.3 Å². The van der Waals surface area contributed by atoms with E-state index in [4.69, 9.17) is 11.6 Å². The summed E-state index contributed by atoms with van der Waals surface area (Å²) in [5.41, 5.74) is -9.91. The predicted molar refractivity (Wildman–Crippen MR) is 126 cm³/mol. The molecule has 0 atom stereocenters. The molecule has 16 heteroatoms. The van der Waals surface area contributed by atoms with Crippen LogP contribution in [0.15, 0.2) is 54.6 Å². The minimum atomic E-state index is -6.62. The molecule has 3 aromatic carbocycles. The van der Waals surface area contributed by atoms with Gasteiger partial charge < -0.3 is 15.4 Å². The highest BCUT2D eigenvalue weighted by molar-refractivity contribution is 6.34. The van der Waals surface area contributed by atoms with Crippen molar-refractivity contribution in [1.82, 2.24) is 0 Å². The van der Waals surface area contributed by atoms with Crippen LogP contribution in [0, 0.1) is 12.7 Å². The van der Waals surface area contributed by atoms with Gasteiger partial charge in [0, 0.05) is 11.1 Å². The van der Waals surface area contributed by atoms with Crippen molar-refractivity contribution in [2.75, 3.05) is 10.6 Å². The van der Waals surface area contributed by atoms with Crippen LogP contribution in [0.25, 0.3) is 0 Å². The molecular formula is C25H15ClF10N2O3. The number of hydrogen-bond acceptors (Lipinski definition) is 3. The highest BCUT2D eigenvalue weighted by Crippen LogP contribution is 2.55. The molecule has 0 bridgehead atoms. The van der Waals surface area contributed by atoms with E-state index in [0.29, 0.717) is 0 Å². The average Bonchev–Trinajstić information content (AvgIpc) is 2.85. The zero-order valence-corrected chi connectivity index (χ0v) is 20.9. The summed E-state index contributed by atoms with van der Waals surface area (Å²) in [4.78, 5) is 25.2. The minimum Gasteiger partial charge on any atom is -0.433 e. The first-order chi connectivity index (χ1) is 18.9. The highest BCUT2D eigenvalue weighted by atomic mass is 35.5. The van der Waals surface area contributed by atoms with E-state index in [1.165, 1.54) is 12.1 Å². The number of carbonyl (C=O) groups is 2. The number of halogens is 11. The van der Waals surface area contributed by atoms with Crippen molar-refractivity contribution < 1.29 is 58.2 Å². The van der Waals surface area contributed by atoms with Crippen molar-refractivity contribution in [2.24, 2.45) is 0 Å². The lowest BCUT2D eigenvalue weighted by atomic mass is 9.93. The predicted octanol–water partition coefficient (Wildman–Crippen LogP) is 8.18. The van der Waals surface area contributed by atoms with Gasteiger partial charge in [-0.2, -0.15) is 35.1 Å². The number of nitrogens with one attached hydrogen (secondary N) is 2. The van der Waals surface area contributed by atoms with Crippen LogP contribution in [0.1, 0.15) is 31.8 Å². The summed E-state index contributed by atoms with van der Waals surface area (Å²) in [6, 6.07) is 8.47. The summed E-state index contributed by atoms with van der Waals surface area (Å²) in [5.74, 6) is -5.22. The maximum atomic E-state index is 15.1. The third-order valence-corrected chi connectivity index (χ3v) is 5.79. The van der Waals surface area contributed by atoms with Crippen molar-refractivity contribution >= 4 is 34.8 Å². The number of hydrogen-bond donors (Lipinski definition) is 2. The van der Waals surface area contributed by atoms with Crippen molar-refractivity contribution in [3.05, 3.63) is 87.7 Å². The molecule has 0 saturated carbocycles. The molecule has 0 saturated heterocycles. The molecule has 0 aliphatic rings. The first kappa shape index (κ1) is 31.5. The molecule has 0 heterocycles. The molecule has 2 amide bonds. The lowest BCUT2D eigenvalue weighted by Crippen LogP contribution is -2.50. The van der Waals surface area contributed by atoms with Gasteiger partial charge in [-0.05, 0) is 43.3 Å². The van der Waals surface area contributed by atoms with E-state index in [2.05, 4.69) is 10.1 Å². The Hall–Kier alpha value is -4.01. The Morgan fingerprint density at radius 3 is 1.98 bits per heavy atom. The molecule has 2 N–H and O–H groups in total. The van der Waals surface area contributed by atoms with Gasteiger partial charge in [-0.1, -0.05) is 35.4 Å². The number of ether oxygens (including phenoxy) is 1. The second kappa shape index (κ2) is 11.5. The van der Waals surface area contributed by atoms with E-state index in [1.54, 1.807) is 24.4 Å². The van der Waals surface area contributed by atoms with Gasteiger partial charge in [0.1, 0.15) is 5.69 Å². The standard InChI is InChI=1S/C25H15ClF10N2O3/c1-11-5-7-12(8-6-11)20(39)37-16-4-2-3-14(18(16)27)21(40)38-19-15(26)9-13(10-17(19)41-22(28)29)23(30,24(31,32)33)25(34,35)36/h2-10,22H,1H3,(H,37,39)(H,38,40). The van der Waals surface area contributed by atoms with Crippen LogP contribution in [-0.2, 0) is 5.67 Å². The quantitative estimate of drug-likeness (QED) is 0.263. The van der Waals surface area contributed by atoms with Crippen LogP contribution < -0.4 is 15.4 Å². The Morgan fingerprint density at radius 2 is 1.44 bits per heavy atom. The molecule has 3 aromatic rings. The normalized spacial score (nSPS) is 12.3. The zero-order chi connectivity index (χ0) is 30.9. The molecule has 0 unspecified atom stereocenters. The van der Waals surface area contributed by atoms with Gasteiger partial charge in [-0.25, -0.2) is 8.78 Å². The van der Waals surface area contributed by atoms with Crippen LogP contribution in [0.3, 0.4) is 0 Å². The molecule has 0 aromatic heterocycles. The van der Waals surface area contributed by atoms with Crippen molar-refractivity contribution in [3.8, 4) is 5.75 Å². The fourth-order valence-corrected chi connectivity index (χ4v) is 3.72. The van der Waals surface area contributed by atoms with E-state index in [9.17, 15) is 49.1 Å². The summed E-state index contributed by atoms with van der Waals surface area (Å²) < 4.78 is 139. The molecule has 0 aliphatic carbocycles. The molecule has 0 aliphatic heterocycles. The van der Waals surface area contributed by atoms with Crippen LogP contribution in [-0.4, -0.2) is 30.8 Å². The number of aryl methyl sites for hydroxylation is 1. The van der Waals surface area contributed by atoms with Gasteiger partial charge in [0.15, 0.2) is 11.6 Å². The van der Waals surface area contributed by atoms with Crippen LogP contribution >= 0.6 is 11.6 Å². The fourth-order valence-electron chi connectivity index (χ4n) is 3.46. The average molecular weight is 617 g/mol. The molecular weight excluding hydrogens is 602 g/mol. The van der Waals surface area contributed by atoms with Crippen LogP contribution in [0.5, 0.6) is 5.75 Å². The van der Waals surface area contributed by atoms with Gasteiger partial charge in [0.05, 0.1) is 16.3 Å². The van der Waals surface area contributed by atoms with E-state index in [-0.39, 0.29) is 17.7 Å². The topological polar surface area (TPSA) is 67.4 Å². The SMILES string of the molecule is Cc1ccc(C(=O)Nc2cccc(C(=O)Nc3c(Cl)cc(C(F)(C(F)(F)F)C(F)(F)F)cc3OC(F)F)c2F)cc1.